The van der Waals surface area contributed by atoms with Crippen molar-refractivity contribution < 1.29 is 13.2 Å². The molecular formula is C17H19BrN2O3S. The van der Waals surface area contributed by atoms with Crippen molar-refractivity contribution in [2.24, 2.45) is 0 Å². The van der Waals surface area contributed by atoms with Crippen LogP contribution in [0.3, 0.4) is 0 Å². The summed E-state index contributed by atoms with van der Waals surface area (Å²) in [5.74, 6) is -0.398. The fourth-order valence-corrected chi connectivity index (χ4v) is 3.64. The molecule has 2 aromatic carbocycles. The van der Waals surface area contributed by atoms with Gasteiger partial charge in [0.2, 0.25) is 15.9 Å². The SMILES string of the molecule is Cc1cc(C)cc(NC(=O)CN(c2cccc(Br)c2)S(C)(=O)=O)c1. The Bertz CT molecular complexity index is 846. The van der Waals surface area contributed by atoms with Crippen LogP contribution >= 0.6 is 15.9 Å². The number of hydrogen-bond donors (Lipinski definition) is 1. The first-order valence-corrected chi connectivity index (χ1v) is 9.91. The summed E-state index contributed by atoms with van der Waals surface area (Å²) in [6.45, 7) is 3.59. The first-order valence-electron chi connectivity index (χ1n) is 7.26. The number of benzene rings is 2. The molecule has 0 unspecified atom stereocenters. The fraction of sp³-hybridized carbons (Fsp3) is 0.235. The number of nitrogens with one attached hydrogen (secondary N) is 1. The highest BCUT2D eigenvalue weighted by Crippen LogP contribution is 2.22. The molecule has 0 spiro atoms. The molecule has 128 valence electrons. The molecule has 2 rings (SSSR count). The van der Waals surface area contributed by atoms with Gasteiger partial charge in [0.05, 0.1) is 11.9 Å². The summed E-state index contributed by atoms with van der Waals surface area (Å²) in [6, 6.07) is 12.5. The van der Waals surface area contributed by atoms with Crippen LogP contribution in [0, 0.1) is 13.8 Å². The van der Waals surface area contributed by atoms with Gasteiger partial charge in [-0.05, 0) is 55.3 Å². The molecule has 0 radical (unpaired) electrons. The van der Waals surface area contributed by atoms with Crippen molar-refractivity contribution in [1.82, 2.24) is 0 Å². The van der Waals surface area contributed by atoms with Gasteiger partial charge in [-0.15, -0.1) is 0 Å². The predicted molar refractivity (Wildman–Crippen MR) is 101 cm³/mol. The summed E-state index contributed by atoms with van der Waals surface area (Å²) in [5.41, 5.74) is 3.14. The number of aryl methyl sites for hydroxylation is 2. The molecule has 2 aromatic rings. The summed E-state index contributed by atoms with van der Waals surface area (Å²) in [7, 11) is -3.59. The number of rotatable bonds is 5. The zero-order chi connectivity index (χ0) is 17.9. The monoisotopic (exact) mass is 410 g/mol. The molecule has 0 aliphatic carbocycles. The number of nitrogens with zero attached hydrogens (tertiary/aromatic N) is 1. The molecule has 0 atom stereocenters. The summed E-state index contributed by atoms with van der Waals surface area (Å²) in [6.07, 6.45) is 1.08. The third kappa shape index (κ3) is 5.07. The molecule has 0 fully saturated rings. The first kappa shape index (κ1) is 18.5. The van der Waals surface area contributed by atoms with E-state index in [0.717, 1.165) is 26.2 Å². The van der Waals surface area contributed by atoms with Crippen molar-refractivity contribution in [3.8, 4) is 0 Å². The van der Waals surface area contributed by atoms with Crippen molar-refractivity contribution >= 4 is 43.2 Å². The van der Waals surface area contributed by atoms with Crippen LogP contribution < -0.4 is 9.62 Å². The van der Waals surface area contributed by atoms with E-state index in [1.807, 2.05) is 32.0 Å². The van der Waals surface area contributed by atoms with Crippen LogP contribution in [0.2, 0.25) is 0 Å². The molecule has 1 amide bonds. The molecule has 0 bridgehead atoms. The molecule has 0 saturated heterocycles. The average Bonchev–Trinajstić information content (AvgIpc) is 2.42. The lowest BCUT2D eigenvalue weighted by atomic mass is 10.1. The Morgan fingerprint density at radius 3 is 2.29 bits per heavy atom. The molecule has 24 heavy (non-hydrogen) atoms. The molecule has 7 heteroatoms. The fourth-order valence-electron chi connectivity index (χ4n) is 2.41. The van der Waals surface area contributed by atoms with Crippen LogP contribution in [-0.4, -0.2) is 27.1 Å². The Balaban J connectivity index is 2.22. The maximum Gasteiger partial charge on any atom is 0.245 e. The van der Waals surface area contributed by atoms with Gasteiger partial charge >= 0.3 is 0 Å². The molecule has 5 nitrogen and oxygen atoms in total. The van der Waals surface area contributed by atoms with Gasteiger partial charge in [0.1, 0.15) is 6.54 Å². The van der Waals surface area contributed by atoms with E-state index in [2.05, 4.69) is 21.2 Å². The summed E-state index contributed by atoms with van der Waals surface area (Å²) < 4.78 is 26.0. The highest BCUT2D eigenvalue weighted by molar-refractivity contribution is 9.10. The minimum atomic E-state index is -3.59. The molecule has 0 saturated carbocycles. The maximum absolute atomic E-state index is 12.3. The van der Waals surface area contributed by atoms with Crippen LogP contribution in [0.4, 0.5) is 11.4 Å². The van der Waals surface area contributed by atoms with E-state index in [9.17, 15) is 13.2 Å². The molecule has 0 aromatic heterocycles. The largest absolute Gasteiger partial charge is 0.324 e. The smallest absolute Gasteiger partial charge is 0.245 e. The quantitative estimate of drug-likeness (QED) is 0.820. The number of anilines is 2. The van der Waals surface area contributed by atoms with Gasteiger partial charge in [-0.25, -0.2) is 8.42 Å². The minimum Gasteiger partial charge on any atom is -0.324 e. The molecule has 1 N–H and O–H groups in total. The van der Waals surface area contributed by atoms with Gasteiger partial charge in [0.25, 0.3) is 0 Å². The van der Waals surface area contributed by atoms with Crippen LogP contribution in [0.1, 0.15) is 11.1 Å². The first-order chi connectivity index (χ1) is 11.1. The lowest BCUT2D eigenvalue weighted by molar-refractivity contribution is -0.114. The van der Waals surface area contributed by atoms with Crippen molar-refractivity contribution in [3.63, 3.8) is 0 Å². The highest BCUT2D eigenvalue weighted by atomic mass is 79.9. The second-order valence-corrected chi connectivity index (χ2v) is 8.50. The third-order valence-corrected chi connectivity index (χ3v) is 4.92. The van der Waals surface area contributed by atoms with Gasteiger partial charge in [0, 0.05) is 10.2 Å². The lowest BCUT2D eigenvalue weighted by Gasteiger charge is -2.22. The van der Waals surface area contributed by atoms with Gasteiger partial charge < -0.3 is 5.32 Å². The van der Waals surface area contributed by atoms with E-state index in [1.165, 1.54) is 0 Å². The Labute approximate surface area is 150 Å². The second kappa shape index (κ2) is 7.36. The van der Waals surface area contributed by atoms with E-state index >= 15 is 0 Å². The standard InChI is InChI=1S/C17H19BrN2O3S/c1-12-7-13(2)9-15(8-12)19-17(21)11-20(24(3,22)23)16-6-4-5-14(18)10-16/h4-10H,11H2,1-3H3,(H,19,21). The number of sulfonamides is 1. The Hall–Kier alpha value is -1.86. The van der Waals surface area contributed by atoms with E-state index < -0.39 is 15.9 Å². The van der Waals surface area contributed by atoms with E-state index in [1.54, 1.807) is 24.3 Å². The predicted octanol–water partition coefficient (Wildman–Crippen LogP) is 3.47. The van der Waals surface area contributed by atoms with Gasteiger partial charge in [-0.3, -0.25) is 9.10 Å². The van der Waals surface area contributed by atoms with Crippen molar-refractivity contribution in [2.45, 2.75) is 13.8 Å². The van der Waals surface area contributed by atoms with Gasteiger partial charge in [-0.1, -0.05) is 28.1 Å². The molecule has 0 aliphatic heterocycles. The van der Waals surface area contributed by atoms with Crippen LogP contribution in [0.5, 0.6) is 0 Å². The van der Waals surface area contributed by atoms with Crippen LogP contribution in [-0.2, 0) is 14.8 Å². The number of hydrogen-bond acceptors (Lipinski definition) is 3. The number of carbonyl (C=O) groups is 1. The zero-order valence-corrected chi connectivity index (χ0v) is 16.1. The summed E-state index contributed by atoms with van der Waals surface area (Å²) in [4.78, 5) is 12.3. The average molecular weight is 411 g/mol. The van der Waals surface area contributed by atoms with Gasteiger partial charge in [-0.2, -0.15) is 0 Å². The third-order valence-electron chi connectivity index (χ3n) is 3.29. The van der Waals surface area contributed by atoms with Crippen molar-refractivity contribution in [3.05, 3.63) is 58.1 Å². The number of carbonyl (C=O) groups excluding carboxylic acids is 1. The summed E-state index contributed by atoms with van der Waals surface area (Å²) >= 11 is 3.31. The highest BCUT2D eigenvalue weighted by Gasteiger charge is 2.21. The minimum absolute atomic E-state index is 0.289. The van der Waals surface area contributed by atoms with Crippen LogP contribution in [0.15, 0.2) is 46.9 Å². The van der Waals surface area contributed by atoms with Crippen LogP contribution in [0.25, 0.3) is 0 Å². The Morgan fingerprint density at radius 2 is 1.75 bits per heavy atom. The van der Waals surface area contributed by atoms with E-state index in [4.69, 9.17) is 0 Å². The molecular weight excluding hydrogens is 392 g/mol. The number of amides is 1. The summed E-state index contributed by atoms with van der Waals surface area (Å²) in [5, 5.41) is 2.75. The topological polar surface area (TPSA) is 66.5 Å². The second-order valence-electron chi connectivity index (χ2n) is 5.67. The van der Waals surface area contributed by atoms with Crippen molar-refractivity contribution in [1.29, 1.82) is 0 Å². The lowest BCUT2D eigenvalue weighted by Crippen LogP contribution is -2.37. The van der Waals surface area contributed by atoms with Gasteiger partial charge in [0.15, 0.2) is 0 Å². The van der Waals surface area contributed by atoms with E-state index in [-0.39, 0.29) is 6.54 Å². The Kier molecular flexibility index (Phi) is 5.66. The zero-order valence-electron chi connectivity index (χ0n) is 13.7. The Morgan fingerprint density at radius 1 is 1.12 bits per heavy atom. The van der Waals surface area contributed by atoms with Crippen molar-refractivity contribution in [2.75, 3.05) is 22.4 Å². The number of halogens is 1. The molecule has 0 heterocycles. The molecule has 0 aliphatic rings. The normalized spacial score (nSPS) is 11.2. The maximum atomic E-state index is 12.3. The van der Waals surface area contributed by atoms with E-state index in [0.29, 0.717) is 11.4 Å².